The fraction of sp³-hybridized carbons (Fsp3) is 0.500. The van der Waals surface area contributed by atoms with Crippen molar-refractivity contribution in [3.63, 3.8) is 0 Å². The van der Waals surface area contributed by atoms with E-state index in [0.29, 0.717) is 56.4 Å². The van der Waals surface area contributed by atoms with E-state index in [9.17, 15) is 13.2 Å². The molecule has 1 N–H and O–H groups in total. The quantitative estimate of drug-likeness (QED) is 0.845. The highest BCUT2D eigenvalue weighted by Gasteiger charge is 2.35. The van der Waals surface area contributed by atoms with Gasteiger partial charge in [-0.2, -0.15) is 22.1 Å². The van der Waals surface area contributed by atoms with Crippen LogP contribution in [0.5, 0.6) is 0 Å². The Balaban J connectivity index is 1.39. The second kappa shape index (κ2) is 6.86. The number of amides is 1. The average Bonchev–Trinajstić information content (AvgIpc) is 3.43. The summed E-state index contributed by atoms with van der Waals surface area (Å²) in [6, 6.07) is 5.19. The third-order valence-corrected chi connectivity index (χ3v) is 6.86. The molecule has 0 spiro atoms. The minimum Gasteiger partial charge on any atom is -0.463 e. The van der Waals surface area contributed by atoms with E-state index < -0.39 is 10.2 Å². The first kappa shape index (κ1) is 17.3. The van der Waals surface area contributed by atoms with Crippen molar-refractivity contribution in [3.8, 4) is 11.5 Å². The Morgan fingerprint density at radius 2 is 1.77 bits per heavy atom. The molecule has 10 heteroatoms. The van der Waals surface area contributed by atoms with Gasteiger partial charge in [0.2, 0.25) is 0 Å². The molecule has 4 rings (SSSR count). The highest BCUT2D eigenvalue weighted by molar-refractivity contribution is 7.86. The molecule has 4 heterocycles. The molecule has 2 aliphatic rings. The van der Waals surface area contributed by atoms with Crippen molar-refractivity contribution in [2.24, 2.45) is 0 Å². The van der Waals surface area contributed by atoms with Crippen LogP contribution < -0.4 is 0 Å². The molecule has 26 heavy (non-hydrogen) atoms. The topological polar surface area (TPSA) is 103 Å². The molecule has 0 aliphatic carbocycles. The maximum absolute atomic E-state index is 12.6. The third kappa shape index (κ3) is 3.15. The molecule has 2 saturated heterocycles. The summed E-state index contributed by atoms with van der Waals surface area (Å²) in [6.07, 6.45) is 3.38. The number of piperazine rings is 1. The molecule has 140 valence electrons. The predicted octanol–water partition coefficient (Wildman–Crippen LogP) is 0.768. The Hall–Kier alpha value is -2.17. The van der Waals surface area contributed by atoms with Crippen molar-refractivity contribution in [1.82, 2.24) is 23.7 Å². The first-order valence-electron chi connectivity index (χ1n) is 8.69. The van der Waals surface area contributed by atoms with Crippen LogP contribution in [0.3, 0.4) is 0 Å². The average molecular weight is 379 g/mol. The number of hydrogen-bond donors (Lipinski definition) is 1. The molecule has 1 amide bonds. The number of H-pyrrole nitrogens is 1. The van der Waals surface area contributed by atoms with Crippen LogP contribution in [0.2, 0.25) is 0 Å². The van der Waals surface area contributed by atoms with E-state index in [2.05, 4.69) is 10.2 Å². The van der Waals surface area contributed by atoms with E-state index in [1.165, 1.54) is 8.61 Å². The number of carbonyl (C=O) groups is 1. The summed E-state index contributed by atoms with van der Waals surface area (Å²) in [5, 5.41) is 6.86. The van der Waals surface area contributed by atoms with Crippen molar-refractivity contribution >= 4 is 16.1 Å². The van der Waals surface area contributed by atoms with Gasteiger partial charge in [-0.25, -0.2) is 0 Å². The van der Waals surface area contributed by atoms with Crippen molar-refractivity contribution < 1.29 is 17.6 Å². The highest BCUT2D eigenvalue weighted by Crippen LogP contribution is 2.21. The molecule has 0 aromatic carbocycles. The zero-order chi connectivity index (χ0) is 18.1. The van der Waals surface area contributed by atoms with Gasteiger partial charge in [0.05, 0.1) is 6.26 Å². The van der Waals surface area contributed by atoms with Gasteiger partial charge in [-0.3, -0.25) is 9.89 Å². The van der Waals surface area contributed by atoms with E-state index in [-0.39, 0.29) is 5.91 Å². The lowest BCUT2D eigenvalue weighted by molar-refractivity contribution is 0.0688. The number of nitrogens with zero attached hydrogens (tertiary/aromatic N) is 4. The molecule has 2 fully saturated rings. The maximum Gasteiger partial charge on any atom is 0.282 e. The van der Waals surface area contributed by atoms with E-state index in [0.717, 1.165) is 12.8 Å². The lowest BCUT2D eigenvalue weighted by Gasteiger charge is -2.35. The summed E-state index contributed by atoms with van der Waals surface area (Å²) in [7, 11) is -3.41. The van der Waals surface area contributed by atoms with Gasteiger partial charge in [-0.15, -0.1) is 0 Å². The third-order valence-electron chi connectivity index (χ3n) is 4.83. The van der Waals surface area contributed by atoms with Crippen molar-refractivity contribution in [2.45, 2.75) is 12.8 Å². The zero-order valence-electron chi connectivity index (χ0n) is 14.3. The first-order valence-corrected chi connectivity index (χ1v) is 10.1. The van der Waals surface area contributed by atoms with Gasteiger partial charge in [0.25, 0.3) is 16.1 Å². The van der Waals surface area contributed by atoms with Crippen LogP contribution in [0.4, 0.5) is 0 Å². The van der Waals surface area contributed by atoms with E-state index in [1.807, 2.05) is 0 Å². The molecule has 2 aromatic heterocycles. The van der Waals surface area contributed by atoms with Crippen LogP contribution in [0, 0.1) is 0 Å². The Bertz CT molecular complexity index is 862. The fourth-order valence-electron chi connectivity index (χ4n) is 3.36. The Kier molecular flexibility index (Phi) is 4.55. The normalized spacial score (nSPS) is 19.9. The number of aromatic amines is 1. The highest BCUT2D eigenvalue weighted by atomic mass is 32.2. The minimum absolute atomic E-state index is 0.211. The SMILES string of the molecule is O=C(c1cc(-c2ccco2)[nH]n1)N1CCN(S(=O)(=O)N2CCCC2)CC1. The van der Waals surface area contributed by atoms with Crippen LogP contribution in [0.1, 0.15) is 23.3 Å². The van der Waals surface area contributed by atoms with Gasteiger partial charge < -0.3 is 9.32 Å². The Labute approximate surface area is 151 Å². The molecule has 0 atom stereocenters. The van der Waals surface area contributed by atoms with Gasteiger partial charge in [-0.1, -0.05) is 0 Å². The summed E-state index contributed by atoms with van der Waals surface area (Å²) in [4.78, 5) is 14.3. The summed E-state index contributed by atoms with van der Waals surface area (Å²) < 4.78 is 33.5. The first-order chi connectivity index (χ1) is 12.6. The monoisotopic (exact) mass is 379 g/mol. The minimum atomic E-state index is -3.41. The standard InChI is InChI=1S/C16H21N5O4S/c22-16(14-12-13(17-18-14)15-4-3-11-25-15)19-7-9-21(10-8-19)26(23,24)20-5-1-2-6-20/h3-4,11-12H,1-2,5-10H2,(H,17,18). The van der Waals surface area contributed by atoms with E-state index in [1.54, 1.807) is 29.4 Å². The van der Waals surface area contributed by atoms with E-state index in [4.69, 9.17) is 4.42 Å². The molecular weight excluding hydrogens is 358 g/mol. The number of rotatable bonds is 4. The van der Waals surface area contributed by atoms with Gasteiger partial charge in [0.15, 0.2) is 11.5 Å². The Morgan fingerprint density at radius 3 is 2.42 bits per heavy atom. The van der Waals surface area contributed by atoms with Crippen molar-refractivity contribution in [3.05, 3.63) is 30.2 Å². The van der Waals surface area contributed by atoms with Crippen LogP contribution in [-0.4, -0.2) is 77.3 Å². The zero-order valence-corrected chi connectivity index (χ0v) is 15.1. The molecule has 0 bridgehead atoms. The molecule has 0 radical (unpaired) electrons. The largest absolute Gasteiger partial charge is 0.463 e. The molecule has 2 aromatic rings. The molecule has 0 unspecified atom stereocenters. The number of furan rings is 1. The van der Waals surface area contributed by atoms with Crippen LogP contribution in [0.25, 0.3) is 11.5 Å². The Morgan fingerprint density at radius 1 is 1.08 bits per heavy atom. The van der Waals surface area contributed by atoms with Gasteiger partial charge in [-0.05, 0) is 25.0 Å². The summed E-state index contributed by atoms with van der Waals surface area (Å²) >= 11 is 0. The maximum atomic E-state index is 12.6. The van der Waals surface area contributed by atoms with E-state index >= 15 is 0 Å². The predicted molar refractivity (Wildman–Crippen MR) is 93.5 cm³/mol. The summed E-state index contributed by atoms with van der Waals surface area (Å²) in [5.41, 5.74) is 0.931. The number of hydrogen-bond acceptors (Lipinski definition) is 5. The lowest BCUT2D eigenvalue weighted by atomic mass is 10.2. The molecule has 9 nitrogen and oxygen atoms in total. The van der Waals surface area contributed by atoms with Crippen LogP contribution >= 0.6 is 0 Å². The van der Waals surface area contributed by atoms with Crippen LogP contribution in [0.15, 0.2) is 28.9 Å². The smallest absolute Gasteiger partial charge is 0.282 e. The second-order valence-corrected chi connectivity index (χ2v) is 8.38. The number of aromatic nitrogens is 2. The summed E-state index contributed by atoms with van der Waals surface area (Å²) in [6.45, 7) is 2.50. The summed E-state index contributed by atoms with van der Waals surface area (Å²) in [5.74, 6) is 0.398. The fourth-order valence-corrected chi connectivity index (χ4v) is 5.03. The second-order valence-electron chi connectivity index (χ2n) is 6.45. The molecular formula is C16H21N5O4S. The van der Waals surface area contributed by atoms with Gasteiger partial charge >= 0.3 is 0 Å². The van der Waals surface area contributed by atoms with Crippen molar-refractivity contribution in [1.29, 1.82) is 0 Å². The molecule has 2 aliphatic heterocycles. The van der Waals surface area contributed by atoms with Gasteiger partial charge in [0.1, 0.15) is 5.69 Å². The van der Waals surface area contributed by atoms with Crippen LogP contribution in [-0.2, 0) is 10.2 Å². The van der Waals surface area contributed by atoms with Crippen molar-refractivity contribution in [2.75, 3.05) is 39.3 Å². The van der Waals surface area contributed by atoms with Gasteiger partial charge in [0, 0.05) is 45.3 Å². The molecule has 0 saturated carbocycles. The number of nitrogens with one attached hydrogen (secondary N) is 1. The number of carbonyl (C=O) groups excluding carboxylic acids is 1. The lowest BCUT2D eigenvalue weighted by Crippen LogP contribution is -2.53.